The van der Waals surface area contributed by atoms with E-state index in [0.717, 1.165) is 4.88 Å². The van der Waals surface area contributed by atoms with Gasteiger partial charge in [0.25, 0.3) is 0 Å². The average molecular weight is 225 g/mol. The number of hydrogen-bond donors (Lipinski definition) is 0. The number of thiophene rings is 1. The molecule has 0 unspecified atom stereocenters. The summed E-state index contributed by atoms with van der Waals surface area (Å²) in [5.74, 6) is -0.0334. The summed E-state index contributed by atoms with van der Waals surface area (Å²) in [6.07, 6.45) is 1.94. The van der Waals surface area contributed by atoms with Gasteiger partial charge in [-0.25, -0.2) is 0 Å². The number of hydrogen-bond acceptors (Lipinski definition) is 4. The molecule has 0 saturated carbocycles. The molecular weight excluding hydrogens is 214 g/mol. The van der Waals surface area contributed by atoms with Crippen molar-refractivity contribution < 1.29 is 9.72 Å². The van der Waals surface area contributed by atoms with Crippen molar-refractivity contribution in [2.75, 3.05) is 0 Å². The monoisotopic (exact) mass is 225 g/mol. The molecule has 0 bridgehead atoms. The lowest BCUT2D eigenvalue weighted by Gasteiger charge is -1.95. The third kappa shape index (κ3) is 4.03. The Morgan fingerprint density at radius 3 is 2.80 bits per heavy atom. The van der Waals surface area contributed by atoms with Gasteiger partial charge < -0.3 is 4.79 Å². The molecule has 80 valence electrons. The number of Topliss-reactive ketones (excluding diaryl/α,β-unsaturated/α-hetero) is 1. The minimum absolute atomic E-state index is 0.0334. The quantitative estimate of drug-likeness (QED) is 0.571. The summed E-state index contributed by atoms with van der Waals surface area (Å²) in [5, 5.41) is 12.5. The van der Waals surface area contributed by atoms with E-state index in [1.54, 1.807) is 0 Å². The molecule has 1 heterocycles. The van der Waals surface area contributed by atoms with E-state index < -0.39 is 4.92 Å². The lowest BCUT2D eigenvalue weighted by Crippen LogP contribution is -2.01. The van der Waals surface area contributed by atoms with Crippen LogP contribution in [0.5, 0.6) is 0 Å². The normalized spacial score (nSPS) is 11.4. The standard InChI is InChI=1S/C10H11NO3S/c1-8(12)4-5-9(11(13)14)7-10-3-2-6-15-10/h2-3,6-7H,4-5H2,1H3/b9-7+. The Labute approximate surface area is 91.4 Å². The van der Waals surface area contributed by atoms with Crippen molar-refractivity contribution in [1.29, 1.82) is 0 Å². The van der Waals surface area contributed by atoms with Gasteiger partial charge in [-0.3, -0.25) is 10.1 Å². The summed E-state index contributed by atoms with van der Waals surface area (Å²) in [6, 6.07) is 3.64. The molecule has 0 radical (unpaired) electrons. The maximum Gasteiger partial charge on any atom is 0.248 e. The summed E-state index contributed by atoms with van der Waals surface area (Å²) in [5.41, 5.74) is 0.0904. The molecule has 0 N–H and O–H groups in total. The van der Waals surface area contributed by atoms with Gasteiger partial charge in [0.05, 0.1) is 4.92 Å². The number of allylic oxidation sites excluding steroid dienone is 1. The van der Waals surface area contributed by atoms with Crippen LogP contribution in [-0.2, 0) is 4.79 Å². The SMILES string of the molecule is CC(=O)CC/C(=C\c1cccs1)[N+](=O)[O-]. The molecular formula is C10H11NO3S. The van der Waals surface area contributed by atoms with Gasteiger partial charge >= 0.3 is 0 Å². The summed E-state index contributed by atoms with van der Waals surface area (Å²) >= 11 is 1.44. The zero-order chi connectivity index (χ0) is 11.3. The highest BCUT2D eigenvalue weighted by Gasteiger charge is 2.11. The number of carbonyl (C=O) groups is 1. The van der Waals surface area contributed by atoms with Gasteiger partial charge in [-0.2, -0.15) is 0 Å². The van der Waals surface area contributed by atoms with Crippen molar-refractivity contribution in [3.63, 3.8) is 0 Å². The zero-order valence-corrected chi connectivity index (χ0v) is 9.12. The van der Waals surface area contributed by atoms with Crippen LogP contribution in [0, 0.1) is 10.1 Å². The van der Waals surface area contributed by atoms with Crippen molar-refractivity contribution >= 4 is 23.2 Å². The number of nitrogens with zero attached hydrogens (tertiary/aromatic N) is 1. The Bertz CT molecular complexity index is 381. The fourth-order valence-electron chi connectivity index (χ4n) is 1.06. The first-order valence-electron chi connectivity index (χ1n) is 4.47. The molecule has 1 aromatic heterocycles. The van der Waals surface area contributed by atoms with E-state index in [4.69, 9.17) is 0 Å². The van der Waals surface area contributed by atoms with Crippen LogP contribution in [0.1, 0.15) is 24.6 Å². The molecule has 0 spiro atoms. The molecule has 0 amide bonds. The van der Waals surface area contributed by atoms with Gasteiger partial charge in [-0.05, 0) is 18.4 Å². The highest BCUT2D eigenvalue weighted by molar-refractivity contribution is 7.10. The second-order valence-corrected chi connectivity index (χ2v) is 4.09. The third-order valence-electron chi connectivity index (χ3n) is 1.82. The highest BCUT2D eigenvalue weighted by atomic mass is 32.1. The molecule has 0 aliphatic carbocycles. The van der Waals surface area contributed by atoms with E-state index in [9.17, 15) is 14.9 Å². The molecule has 5 heteroatoms. The average Bonchev–Trinajstić information content (AvgIpc) is 2.63. The molecule has 0 saturated heterocycles. The second kappa shape index (κ2) is 5.41. The molecule has 0 atom stereocenters. The fraction of sp³-hybridized carbons (Fsp3) is 0.300. The molecule has 0 aliphatic rings. The first kappa shape index (κ1) is 11.6. The number of carbonyl (C=O) groups excluding carboxylic acids is 1. The Balaban J connectivity index is 2.74. The Hall–Kier alpha value is -1.49. The molecule has 15 heavy (non-hydrogen) atoms. The Kier molecular flexibility index (Phi) is 4.17. The van der Waals surface area contributed by atoms with Gasteiger partial charge in [0.15, 0.2) is 0 Å². The number of ketones is 1. The molecule has 0 aliphatic heterocycles. The van der Waals surface area contributed by atoms with Gasteiger partial charge in [0.2, 0.25) is 5.70 Å². The van der Waals surface area contributed by atoms with E-state index in [2.05, 4.69) is 0 Å². The second-order valence-electron chi connectivity index (χ2n) is 3.11. The number of rotatable bonds is 5. The van der Waals surface area contributed by atoms with Crippen LogP contribution in [0.15, 0.2) is 23.2 Å². The van der Waals surface area contributed by atoms with Crippen LogP contribution >= 0.6 is 11.3 Å². The molecule has 1 rings (SSSR count). The van der Waals surface area contributed by atoms with Crippen LogP contribution in [0.3, 0.4) is 0 Å². The Morgan fingerprint density at radius 2 is 2.33 bits per heavy atom. The smallest absolute Gasteiger partial charge is 0.248 e. The van der Waals surface area contributed by atoms with E-state index in [1.807, 2.05) is 17.5 Å². The van der Waals surface area contributed by atoms with Crippen LogP contribution < -0.4 is 0 Å². The van der Waals surface area contributed by atoms with Gasteiger partial charge in [-0.15, -0.1) is 11.3 Å². The summed E-state index contributed by atoms with van der Waals surface area (Å²) in [6.45, 7) is 1.43. The topological polar surface area (TPSA) is 60.2 Å². The van der Waals surface area contributed by atoms with Crippen LogP contribution in [-0.4, -0.2) is 10.7 Å². The summed E-state index contributed by atoms with van der Waals surface area (Å²) in [7, 11) is 0. The first-order valence-corrected chi connectivity index (χ1v) is 5.35. The Morgan fingerprint density at radius 1 is 1.60 bits per heavy atom. The minimum Gasteiger partial charge on any atom is -0.300 e. The lowest BCUT2D eigenvalue weighted by molar-refractivity contribution is -0.426. The summed E-state index contributed by atoms with van der Waals surface area (Å²) in [4.78, 5) is 21.8. The maximum absolute atomic E-state index is 10.7. The lowest BCUT2D eigenvalue weighted by atomic mass is 10.2. The van der Waals surface area contributed by atoms with E-state index in [0.29, 0.717) is 0 Å². The first-order chi connectivity index (χ1) is 7.09. The summed E-state index contributed by atoms with van der Waals surface area (Å²) < 4.78 is 0. The van der Waals surface area contributed by atoms with Crippen molar-refractivity contribution in [3.8, 4) is 0 Å². The molecule has 4 nitrogen and oxygen atoms in total. The van der Waals surface area contributed by atoms with Gasteiger partial charge in [-0.1, -0.05) is 6.07 Å². The van der Waals surface area contributed by atoms with Crippen molar-refractivity contribution in [2.24, 2.45) is 0 Å². The zero-order valence-electron chi connectivity index (χ0n) is 8.30. The predicted octanol–water partition coefficient (Wildman–Crippen LogP) is 2.73. The van der Waals surface area contributed by atoms with Gasteiger partial charge in [0.1, 0.15) is 5.78 Å². The molecule has 0 aromatic carbocycles. The third-order valence-corrected chi connectivity index (χ3v) is 2.64. The fourth-order valence-corrected chi connectivity index (χ4v) is 1.73. The van der Waals surface area contributed by atoms with Crippen LogP contribution in [0.2, 0.25) is 0 Å². The van der Waals surface area contributed by atoms with Crippen molar-refractivity contribution in [2.45, 2.75) is 19.8 Å². The molecule has 0 fully saturated rings. The van der Waals surface area contributed by atoms with Crippen LogP contribution in [0.25, 0.3) is 6.08 Å². The van der Waals surface area contributed by atoms with E-state index >= 15 is 0 Å². The maximum atomic E-state index is 10.7. The van der Waals surface area contributed by atoms with Gasteiger partial charge in [0, 0.05) is 23.8 Å². The van der Waals surface area contributed by atoms with Crippen molar-refractivity contribution in [1.82, 2.24) is 0 Å². The molecule has 1 aromatic rings. The van der Waals surface area contributed by atoms with Crippen molar-refractivity contribution in [3.05, 3.63) is 38.2 Å². The van der Waals surface area contributed by atoms with E-state index in [-0.39, 0.29) is 24.3 Å². The van der Waals surface area contributed by atoms with Crippen LogP contribution in [0.4, 0.5) is 0 Å². The minimum atomic E-state index is -0.428. The largest absolute Gasteiger partial charge is 0.300 e. The predicted molar refractivity (Wildman–Crippen MR) is 59.2 cm³/mol. The highest BCUT2D eigenvalue weighted by Crippen LogP contribution is 2.16. The van der Waals surface area contributed by atoms with E-state index in [1.165, 1.54) is 24.3 Å². The number of nitro groups is 1.